The lowest BCUT2D eigenvalue weighted by Crippen LogP contribution is -2.26. The number of nitrogens with zero attached hydrogens (tertiary/aromatic N) is 2. The lowest BCUT2D eigenvalue weighted by molar-refractivity contribution is 0.495. The highest BCUT2D eigenvalue weighted by atomic mass is 35.5. The molecule has 0 saturated carbocycles. The second-order valence-electron chi connectivity index (χ2n) is 1.26. The number of nitrogens with two attached hydrogens (primary N) is 1. The van der Waals surface area contributed by atoms with Gasteiger partial charge in [0, 0.05) is 0 Å². The molecule has 0 aliphatic carbocycles. The maximum absolute atomic E-state index is 5.22. The van der Waals surface area contributed by atoms with Gasteiger partial charge in [-0.15, -0.1) is 12.4 Å². The third-order valence-corrected chi connectivity index (χ3v) is 0.717. The summed E-state index contributed by atoms with van der Waals surface area (Å²) in [5.74, 6) is 5.22. The zero-order valence-electron chi connectivity index (χ0n) is 3.87. The second-order valence-corrected chi connectivity index (χ2v) is 1.26. The molecule has 0 atom stereocenters. The van der Waals surface area contributed by atoms with E-state index in [4.69, 9.17) is 5.84 Å². The van der Waals surface area contributed by atoms with Crippen LogP contribution >= 0.6 is 12.4 Å². The molecule has 0 aromatic heterocycles. The van der Waals surface area contributed by atoms with Gasteiger partial charge in [-0.05, 0) is 0 Å². The van der Waals surface area contributed by atoms with E-state index in [-0.39, 0.29) is 12.4 Å². The molecule has 1 heterocycles. The van der Waals surface area contributed by atoms with Crippen LogP contribution in [0.15, 0.2) is 4.99 Å². The van der Waals surface area contributed by atoms with Crippen LogP contribution in [0.2, 0.25) is 0 Å². The topological polar surface area (TPSA) is 41.6 Å². The first kappa shape index (κ1) is 6.72. The molecule has 2 N–H and O–H groups in total. The van der Waals surface area contributed by atoms with E-state index in [9.17, 15) is 0 Å². The first-order valence-electron chi connectivity index (χ1n) is 1.91. The molecule has 1 aliphatic heterocycles. The SMILES string of the molecule is Cl.NN1C=NCC1. The highest BCUT2D eigenvalue weighted by Gasteiger charge is 1.94. The van der Waals surface area contributed by atoms with Gasteiger partial charge in [-0.25, -0.2) is 5.84 Å². The van der Waals surface area contributed by atoms with Crippen molar-refractivity contribution in [1.82, 2.24) is 5.01 Å². The molecule has 7 heavy (non-hydrogen) atoms. The van der Waals surface area contributed by atoms with Gasteiger partial charge in [0.15, 0.2) is 0 Å². The number of hydrogen-bond donors (Lipinski definition) is 1. The highest BCUT2D eigenvalue weighted by Crippen LogP contribution is 1.81. The quantitative estimate of drug-likeness (QED) is 0.444. The van der Waals surface area contributed by atoms with E-state index in [1.807, 2.05) is 0 Å². The zero-order chi connectivity index (χ0) is 4.41. The van der Waals surface area contributed by atoms with Crippen molar-refractivity contribution in [3.05, 3.63) is 0 Å². The predicted molar refractivity (Wildman–Crippen MR) is 31.5 cm³/mol. The molecule has 1 aliphatic rings. The van der Waals surface area contributed by atoms with E-state index >= 15 is 0 Å². The van der Waals surface area contributed by atoms with E-state index in [2.05, 4.69) is 4.99 Å². The molecule has 0 fully saturated rings. The summed E-state index contributed by atoms with van der Waals surface area (Å²) in [5.41, 5.74) is 0. The summed E-state index contributed by atoms with van der Waals surface area (Å²) < 4.78 is 0. The first-order valence-corrected chi connectivity index (χ1v) is 1.91. The first-order chi connectivity index (χ1) is 2.89. The Morgan fingerprint density at radius 3 is 2.57 bits per heavy atom. The van der Waals surface area contributed by atoms with Crippen LogP contribution in [-0.4, -0.2) is 24.4 Å². The Balaban J connectivity index is 0.000000360. The van der Waals surface area contributed by atoms with E-state index in [1.54, 1.807) is 11.3 Å². The Morgan fingerprint density at radius 2 is 2.43 bits per heavy atom. The van der Waals surface area contributed by atoms with Crippen LogP contribution in [0.5, 0.6) is 0 Å². The summed E-state index contributed by atoms with van der Waals surface area (Å²) in [5, 5.41) is 1.57. The van der Waals surface area contributed by atoms with Gasteiger partial charge in [-0.1, -0.05) is 0 Å². The Hall–Kier alpha value is -0.280. The number of aliphatic imine (C=N–C) groups is 1. The van der Waals surface area contributed by atoms with Gasteiger partial charge in [0.05, 0.1) is 19.4 Å². The molecule has 1 rings (SSSR count). The smallest absolute Gasteiger partial charge is 0.0991 e. The van der Waals surface area contributed by atoms with Crippen LogP contribution in [0.3, 0.4) is 0 Å². The Morgan fingerprint density at radius 1 is 1.71 bits per heavy atom. The van der Waals surface area contributed by atoms with Crippen LogP contribution in [0, 0.1) is 0 Å². The minimum absolute atomic E-state index is 0. The largest absolute Gasteiger partial charge is 0.299 e. The van der Waals surface area contributed by atoms with Crippen LogP contribution in [0.4, 0.5) is 0 Å². The van der Waals surface area contributed by atoms with Gasteiger partial charge < -0.3 is 0 Å². The zero-order valence-corrected chi connectivity index (χ0v) is 4.69. The lowest BCUT2D eigenvalue weighted by Gasteiger charge is -1.99. The summed E-state index contributed by atoms with van der Waals surface area (Å²) in [6.07, 6.45) is 1.64. The fourth-order valence-corrected chi connectivity index (χ4v) is 0.394. The monoisotopic (exact) mass is 121 g/mol. The average Bonchev–Trinajstić information content (AvgIpc) is 1.86. The van der Waals surface area contributed by atoms with E-state index < -0.39 is 0 Å². The lowest BCUT2D eigenvalue weighted by atomic mass is 10.7. The minimum Gasteiger partial charge on any atom is -0.299 e. The van der Waals surface area contributed by atoms with Crippen LogP contribution in [-0.2, 0) is 0 Å². The number of halogens is 1. The van der Waals surface area contributed by atoms with Crippen molar-refractivity contribution in [3.63, 3.8) is 0 Å². The predicted octanol–water partition coefficient (Wildman–Crippen LogP) is -0.374. The van der Waals surface area contributed by atoms with Gasteiger partial charge in [0.2, 0.25) is 0 Å². The van der Waals surface area contributed by atoms with Gasteiger partial charge in [-0.2, -0.15) is 0 Å². The van der Waals surface area contributed by atoms with Crippen LogP contribution in [0.1, 0.15) is 0 Å². The van der Waals surface area contributed by atoms with E-state index in [0.29, 0.717) is 0 Å². The molecule has 0 amide bonds. The van der Waals surface area contributed by atoms with Crippen molar-refractivity contribution in [3.8, 4) is 0 Å². The third-order valence-electron chi connectivity index (χ3n) is 0.717. The molecule has 0 aromatic carbocycles. The third kappa shape index (κ3) is 1.75. The molecule has 0 saturated heterocycles. The number of hydrogen-bond acceptors (Lipinski definition) is 3. The summed E-state index contributed by atoms with van der Waals surface area (Å²) >= 11 is 0. The summed E-state index contributed by atoms with van der Waals surface area (Å²) in [6.45, 7) is 1.73. The van der Waals surface area contributed by atoms with Gasteiger partial charge in [0.1, 0.15) is 0 Å². The summed E-state index contributed by atoms with van der Waals surface area (Å²) in [6, 6.07) is 0. The molecule has 0 aromatic rings. The van der Waals surface area contributed by atoms with Gasteiger partial charge in [-0.3, -0.25) is 10.0 Å². The molecule has 4 heteroatoms. The van der Waals surface area contributed by atoms with Crippen molar-refractivity contribution < 1.29 is 0 Å². The van der Waals surface area contributed by atoms with E-state index in [1.165, 1.54) is 0 Å². The number of hydrazine groups is 1. The summed E-state index contributed by atoms with van der Waals surface area (Å²) in [7, 11) is 0. The van der Waals surface area contributed by atoms with Crippen molar-refractivity contribution in [1.29, 1.82) is 0 Å². The van der Waals surface area contributed by atoms with E-state index in [0.717, 1.165) is 13.1 Å². The molecular formula is C3H8ClN3. The molecule has 3 nitrogen and oxygen atoms in total. The van der Waals surface area contributed by atoms with Crippen molar-refractivity contribution >= 4 is 18.7 Å². The maximum Gasteiger partial charge on any atom is 0.0991 e. The molecule has 0 radical (unpaired) electrons. The average molecular weight is 122 g/mol. The Kier molecular flexibility index (Phi) is 2.71. The molecule has 42 valence electrons. The number of rotatable bonds is 0. The molecule has 0 spiro atoms. The van der Waals surface area contributed by atoms with Crippen LogP contribution in [0.25, 0.3) is 0 Å². The normalized spacial score (nSPS) is 17.0. The second kappa shape index (κ2) is 2.82. The fraction of sp³-hybridized carbons (Fsp3) is 0.667. The standard InChI is InChI=1S/C3H7N3.ClH/c4-6-2-1-5-3-6;/h3H,1-2,4H2;1H. The molecular weight excluding hydrogens is 114 g/mol. The Labute approximate surface area is 48.6 Å². The van der Waals surface area contributed by atoms with Crippen molar-refractivity contribution in [2.75, 3.05) is 13.1 Å². The van der Waals surface area contributed by atoms with Crippen molar-refractivity contribution in [2.24, 2.45) is 10.8 Å². The summed E-state index contributed by atoms with van der Waals surface area (Å²) in [4.78, 5) is 3.84. The highest BCUT2D eigenvalue weighted by molar-refractivity contribution is 5.85. The molecule has 0 unspecified atom stereocenters. The molecule has 0 bridgehead atoms. The Bertz CT molecular complexity index is 72.6. The fourth-order valence-electron chi connectivity index (χ4n) is 0.394. The minimum atomic E-state index is 0. The maximum atomic E-state index is 5.22. The van der Waals surface area contributed by atoms with Crippen molar-refractivity contribution in [2.45, 2.75) is 0 Å². The van der Waals surface area contributed by atoms with Gasteiger partial charge in [0.25, 0.3) is 0 Å². The van der Waals surface area contributed by atoms with Crippen LogP contribution < -0.4 is 5.84 Å². The van der Waals surface area contributed by atoms with Gasteiger partial charge >= 0.3 is 0 Å².